The molecule has 3 aliphatic heterocycles. The van der Waals surface area contributed by atoms with Gasteiger partial charge in [-0.25, -0.2) is 4.79 Å². The standard InChI is InChI=1S/C36H46BN6O3/c1-36(2,3)46-35(44)43-18-9-14-32(43)34-40-23-31(42-34)27-16-17-29-25(21-27)11-8-13-28(29)24-10-7-12-26(20-24)30-22-39-33(41-30)15-5-4-6-19-45-37-38/h7-8,10-13,16-17,20-21,30-32H,4-6,9,14-15,18-19,22-23,38H2,1-3H3,(H,39,41)(H,40,42)/t30?,31?,32-/m0/s1. The molecule has 3 aromatic carbocycles. The number of hydrogen-bond donors (Lipinski definition) is 3. The number of aliphatic imine (C=N–C) groups is 2. The van der Waals surface area contributed by atoms with Crippen LogP contribution in [0.1, 0.15) is 82.5 Å². The summed E-state index contributed by atoms with van der Waals surface area (Å²) in [5, 5.41) is 9.72. The van der Waals surface area contributed by atoms with E-state index in [9.17, 15) is 4.79 Å². The lowest BCUT2D eigenvalue weighted by atomic mass is 9.93. The van der Waals surface area contributed by atoms with Crippen molar-refractivity contribution in [1.82, 2.24) is 15.5 Å². The Kier molecular flexibility index (Phi) is 9.94. The Morgan fingerprint density at radius 1 is 0.978 bits per heavy atom. The van der Waals surface area contributed by atoms with Crippen molar-refractivity contribution in [2.75, 3.05) is 26.2 Å². The molecular formula is C36H46BN6O3. The number of carbonyl (C=O) groups excluding carboxylic acids is 1. The van der Waals surface area contributed by atoms with Gasteiger partial charge in [-0.15, -0.1) is 0 Å². The van der Waals surface area contributed by atoms with Crippen molar-refractivity contribution < 1.29 is 14.2 Å². The second-order valence-electron chi connectivity index (χ2n) is 13.5. The smallest absolute Gasteiger partial charge is 0.410 e. The monoisotopic (exact) mass is 621 g/mol. The zero-order valence-corrected chi connectivity index (χ0v) is 27.3. The number of hydrogen-bond acceptors (Lipinski definition) is 8. The summed E-state index contributed by atoms with van der Waals surface area (Å²) in [5.41, 5.74) is 9.62. The van der Waals surface area contributed by atoms with Gasteiger partial charge in [0.05, 0.1) is 37.1 Å². The molecular weight excluding hydrogens is 575 g/mol. The molecule has 0 bridgehead atoms. The van der Waals surface area contributed by atoms with Gasteiger partial charge in [0.15, 0.2) is 0 Å². The number of likely N-dealkylation sites (tertiary alicyclic amines) is 1. The molecule has 1 saturated heterocycles. The van der Waals surface area contributed by atoms with Gasteiger partial charge in [-0.05, 0) is 91.6 Å². The molecule has 1 radical (unpaired) electrons. The van der Waals surface area contributed by atoms with Crippen molar-refractivity contribution in [1.29, 1.82) is 0 Å². The molecule has 10 heteroatoms. The highest BCUT2D eigenvalue weighted by Crippen LogP contribution is 2.33. The van der Waals surface area contributed by atoms with Crippen LogP contribution in [-0.2, 0) is 9.39 Å². The first kappa shape index (κ1) is 32.1. The van der Waals surface area contributed by atoms with Crippen molar-refractivity contribution >= 4 is 36.2 Å². The Balaban J connectivity index is 1.10. The first-order valence-corrected chi connectivity index (χ1v) is 16.7. The number of benzene rings is 3. The predicted octanol–water partition coefficient (Wildman–Crippen LogP) is 6.06. The predicted molar refractivity (Wildman–Crippen MR) is 186 cm³/mol. The number of nitrogens with two attached hydrogens (primary N) is 1. The van der Waals surface area contributed by atoms with Crippen LogP contribution in [0.5, 0.6) is 0 Å². The lowest BCUT2D eigenvalue weighted by molar-refractivity contribution is 0.0264. The minimum Gasteiger partial charge on any atom is -0.444 e. The number of ether oxygens (including phenoxy) is 1. The normalized spacial score (nSPS) is 21.1. The average Bonchev–Trinajstić information content (AvgIpc) is 3.83. The summed E-state index contributed by atoms with van der Waals surface area (Å²) in [5.74, 6) is 1.99. The van der Waals surface area contributed by atoms with Gasteiger partial charge < -0.3 is 25.7 Å². The van der Waals surface area contributed by atoms with Gasteiger partial charge in [-0.3, -0.25) is 14.9 Å². The lowest BCUT2D eigenvalue weighted by Crippen LogP contribution is -2.46. The van der Waals surface area contributed by atoms with Gasteiger partial charge in [-0.1, -0.05) is 55.0 Å². The van der Waals surface area contributed by atoms with Crippen LogP contribution in [0.3, 0.4) is 0 Å². The van der Waals surface area contributed by atoms with E-state index in [1.54, 1.807) is 0 Å². The van der Waals surface area contributed by atoms with Crippen molar-refractivity contribution in [3.8, 4) is 11.1 Å². The SMILES string of the molecule is CC(C)(C)OC(=O)N1CCC[C@H]1C1=NCC(c2ccc3c(-c4cccc(C5CN=C(CCCCCO[B]N)N5)c4)cccc3c2)N1. The fraction of sp³-hybridized carbons (Fsp3) is 0.472. The molecule has 4 N–H and O–H groups in total. The molecule has 2 unspecified atom stereocenters. The second kappa shape index (κ2) is 14.3. The summed E-state index contributed by atoms with van der Waals surface area (Å²) in [7, 11) is 1.26. The van der Waals surface area contributed by atoms with Crippen LogP contribution in [-0.4, -0.2) is 68.2 Å². The van der Waals surface area contributed by atoms with Crippen LogP contribution in [0.4, 0.5) is 4.79 Å². The highest BCUT2D eigenvalue weighted by Gasteiger charge is 2.37. The Hall–Kier alpha value is -3.89. The second-order valence-corrected chi connectivity index (χ2v) is 13.5. The van der Waals surface area contributed by atoms with Crippen LogP contribution in [0, 0.1) is 0 Å². The largest absolute Gasteiger partial charge is 0.444 e. The Morgan fingerprint density at radius 2 is 1.78 bits per heavy atom. The first-order valence-electron chi connectivity index (χ1n) is 16.7. The van der Waals surface area contributed by atoms with E-state index in [1.165, 1.54) is 40.6 Å². The fourth-order valence-corrected chi connectivity index (χ4v) is 6.69. The molecule has 0 spiro atoms. The molecule has 1 fully saturated rings. The van der Waals surface area contributed by atoms with Crippen molar-refractivity contribution in [2.45, 2.75) is 83.0 Å². The molecule has 46 heavy (non-hydrogen) atoms. The van der Waals surface area contributed by atoms with E-state index in [1.807, 2.05) is 25.7 Å². The van der Waals surface area contributed by atoms with E-state index < -0.39 is 5.60 Å². The van der Waals surface area contributed by atoms with Gasteiger partial charge in [-0.2, -0.15) is 0 Å². The number of unbranched alkanes of at least 4 members (excludes halogenated alkanes) is 2. The summed E-state index contributed by atoms with van der Waals surface area (Å²) in [4.78, 5) is 24.3. The third kappa shape index (κ3) is 7.56. The zero-order chi connectivity index (χ0) is 32.1. The van der Waals surface area contributed by atoms with Crippen LogP contribution >= 0.6 is 0 Å². The van der Waals surface area contributed by atoms with Crippen molar-refractivity contribution in [3.05, 3.63) is 71.8 Å². The molecule has 3 atom stereocenters. The number of carbonyl (C=O) groups is 1. The van der Waals surface area contributed by atoms with Crippen LogP contribution in [0.15, 0.2) is 70.6 Å². The topological polar surface area (TPSA) is 114 Å². The number of rotatable bonds is 11. The van der Waals surface area contributed by atoms with E-state index in [4.69, 9.17) is 25.0 Å². The molecule has 1 amide bonds. The Labute approximate surface area is 273 Å². The van der Waals surface area contributed by atoms with Gasteiger partial charge in [0.25, 0.3) is 0 Å². The van der Waals surface area contributed by atoms with E-state index in [0.717, 1.165) is 56.7 Å². The van der Waals surface area contributed by atoms with Gasteiger partial charge in [0.2, 0.25) is 0 Å². The highest BCUT2D eigenvalue weighted by atomic mass is 16.6. The number of nitrogens with zero attached hydrogens (tertiary/aromatic N) is 3. The van der Waals surface area contributed by atoms with Gasteiger partial charge >= 0.3 is 13.7 Å². The number of nitrogens with one attached hydrogen (secondary N) is 2. The molecule has 0 aliphatic carbocycles. The van der Waals surface area contributed by atoms with Crippen LogP contribution < -0.4 is 16.3 Å². The maximum absolute atomic E-state index is 12.9. The van der Waals surface area contributed by atoms with Gasteiger partial charge in [0, 0.05) is 19.6 Å². The zero-order valence-electron chi connectivity index (χ0n) is 27.3. The molecule has 0 aromatic heterocycles. The van der Waals surface area contributed by atoms with E-state index in [2.05, 4.69) is 71.3 Å². The summed E-state index contributed by atoms with van der Waals surface area (Å²) in [6.45, 7) is 8.50. The van der Waals surface area contributed by atoms with E-state index >= 15 is 0 Å². The third-order valence-corrected chi connectivity index (χ3v) is 8.95. The number of amidine groups is 2. The number of amides is 1. The van der Waals surface area contributed by atoms with E-state index in [0.29, 0.717) is 19.7 Å². The summed E-state index contributed by atoms with van der Waals surface area (Å²) < 4.78 is 10.8. The molecule has 9 nitrogen and oxygen atoms in total. The Morgan fingerprint density at radius 3 is 2.63 bits per heavy atom. The summed E-state index contributed by atoms with van der Waals surface area (Å²) in [6, 6.07) is 22.3. The molecule has 3 aromatic rings. The molecule has 3 aliphatic rings. The minimum absolute atomic E-state index is 0.0597. The maximum Gasteiger partial charge on any atom is 0.410 e. The summed E-state index contributed by atoms with van der Waals surface area (Å²) >= 11 is 0. The quantitative estimate of drug-likeness (QED) is 0.177. The van der Waals surface area contributed by atoms with Gasteiger partial charge in [0.1, 0.15) is 11.4 Å². The molecule has 6 rings (SSSR count). The third-order valence-electron chi connectivity index (χ3n) is 8.95. The lowest BCUT2D eigenvalue weighted by Gasteiger charge is -2.29. The fourth-order valence-electron chi connectivity index (χ4n) is 6.69. The van der Waals surface area contributed by atoms with E-state index in [-0.39, 0.29) is 24.2 Å². The average molecular weight is 622 g/mol. The van der Waals surface area contributed by atoms with Crippen LogP contribution in [0.2, 0.25) is 0 Å². The van der Waals surface area contributed by atoms with Crippen LogP contribution in [0.25, 0.3) is 21.9 Å². The van der Waals surface area contributed by atoms with Crippen molar-refractivity contribution in [3.63, 3.8) is 0 Å². The molecule has 3 heterocycles. The molecule has 0 saturated carbocycles. The highest BCUT2D eigenvalue weighted by molar-refractivity contribution is 6.22. The molecule has 241 valence electrons. The first-order chi connectivity index (χ1) is 22.3. The summed E-state index contributed by atoms with van der Waals surface area (Å²) in [6.07, 6.45) is 5.72. The minimum atomic E-state index is -0.519. The maximum atomic E-state index is 12.9. The number of fused-ring (bicyclic) bond motifs is 1. The van der Waals surface area contributed by atoms with Crippen molar-refractivity contribution in [2.24, 2.45) is 15.6 Å². The Bertz CT molecular complexity index is 1600.